The minimum absolute atomic E-state index is 0.179. The molecular weight excluding hydrogens is 346 g/mol. The van der Waals surface area contributed by atoms with Gasteiger partial charge in [0.2, 0.25) is 11.8 Å². The molecule has 0 aliphatic heterocycles. The fourth-order valence-corrected chi connectivity index (χ4v) is 2.37. The van der Waals surface area contributed by atoms with E-state index < -0.39 is 5.97 Å². The largest absolute Gasteiger partial charge is 0.465 e. The van der Waals surface area contributed by atoms with E-state index in [1.165, 1.54) is 37.1 Å². The van der Waals surface area contributed by atoms with Crippen LogP contribution in [0.5, 0.6) is 0 Å². The van der Waals surface area contributed by atoms with E-state index in [2.05, 4.69) is 10.1 Å². The second kappa shape index (κ2) is 10.0. The molecule has 0 unspecified atom stereocenters. The fourth-order valence-electron chi connectivity index (χ4n) is 2.15. The number of amides is 2. The van der Waals surface area contributed by atoms with Crippen LogP contribution in [0.3, 0.4) is 0 Å². The van der Waals surface area contributed by atoms with Gasteiger partial charge in [0.25, 0.3) is 0 Å². The van der Waals surface area contributed by atoms with Crippen molar-refractivity contribution in [1.29, 1.82) is 0 Å². The number of nitrogens with one attached hydrogen (secondary N) is 1. The van der Waals surface area contributed by atoms with Gasteiger partial charge in [0, 0.05) is 13.5 Å². The van der Waals surface area contributed by atoms with Gasteiger partial charge >= 0.3 is 5.97 Å². The highest BCUT2D eigenvalue weighted by atomic mass is 35.5. The molecule has 0 aliphatic carbocycles. The lowest BCUT2D eigenvalue weighted by Gasteiger charge is -2.22. The van der Waals surface area contributed by atoms with Crippen molar-refractivity contribution in [3.63, 3.8) is 0 Å². The molecule has 1 aromatic rings. The Morgan fingerprint density at radius 2 is 1.92 bits per heavy atom. The van der Waals surface area contributed by atoms with Gasteiger partial charge in [-0.2, -0.15) is 0 Å². The molecule has 1 aromatic carbocycles. The number of esters is 1. The molecule has 2 amide bonds. The lowest BCUT2D eigenvalue weighted by molar-refractivity contribution is -0.123. The Balaban J connectivity index is 2.85. The zero-order valence-electron chi connectivity index (χ0n) is 15.0. The molecule has 0 atom stereocenters. The molecular formula is C17H24ClN3O4. The summed E-state index contributed by atoms with van der Waals surface area (Å²) >= 11 is 6.14. The van der Waals surface area contributed by atoms with E-state index >= 15 is 0 Å². The minimum atomic E-state index is -0.547. The first-order valence-corrected chi connectivity index (χ1v) is 8.21. The van der Waals surface area contributed by atoms with E-state index in [0.29, 0.717) is 12.2 Å². The van der Waals surface area contributed by atoms with Gasteiger partial charge < -0.3 is 19.9 Å². The lowest BCUT2D eigenvalue weighted by Crippen LogP contribution is -2.40. The van der Waals surface area contributed by atoms with Gasteiger partial charge in [-0.1, -0.05) is 11.6 Å². The maximum absolute atomic E-state index is 12.1. The summed E-state index contributed by atoms with van der Waals surface area (Å²) in [6, 6.07) is 4.43. The number of ether oxygens (including phenoxy) is 1. The normalized spacial score (nSPS) is 10.5. The monoisotopic (exact) mass is 369 g/mol. The number of methoxy groups -OCH3 is 1. The number of carbonyl (C=O) groups excluding carboxylic acids is 3. The Bertz CT molecular complexity index is 634. The third-order valence-electron chi connectivity index (χ3n) is 3.44. The SMILES string of the molecule is COC(=O)c1ccc(Cl)c(N(CC(=O)NCCCN(C)C)C(C)=O)c1. The van der Waals surface area contributed by atoms with Gasteiger partial charge in [-0.15, -0.1) is 0 Å². The first-order valence-electron chi connectivity index (χ1n) is 7.83. The molecule has 0 saturated carbocycles. The van der Waals surface area contributed by atoms with E-state index in [-0.39, 0.29) is 28.9 Å². The predicted molar refractivity (Wildman–Crippen MR) is 97.0 cm³/mol. The van der Waals surface area contributed by atoms with E-state index in [9.17, 15) is 14.4 Å². The molecule has 0 fully saturated rings. The number of hydrogen-bond acceptors (Lipinski definition) is 5. The molecule has 7 nitrogen and oxygen atoms in total. The topological polar surface area (TPSA) is 79.0 Å². The highest BCUT2D eigenvalue weighted by Gasteiger charge is 2.20. The summed E-state index contributed by atoms with van der Waals surface area (Å²) in [5.74, 6) is -1.20. The van der Waals surface area contributed by atoms with Crippen LogP contribution in [-0.2, 0) is 14.3 Å². The molecule has 1 rings (SSSR count). The van der Waals surface area contributed by atoms with Gasteiger partial charge in [-0.05, 0) is 45.3 Å². The van der Waals surface area contributed by atoms with Crippen molar-refractivity contribution < 1.29 is 19.1 Å². The average molecular weight is 370 g/mol. The molecule has 0 heterocycles. The zero-order valence-corrected chi connectivity index (χ0v) is 15.7. The highest BCUT2D eigenvalue weighted by Crippen LogP contribution is 2.27. The molecule has 0 radical (unpaired) electrons. The molecule has 138 valence electrons. The number of anilines is 1. The molecule has 0 saturated heterocycles. The summed E-state index contributed by atoms with van der Waals surface area (Å²) in [4.78, 5) is 39.0. The number of rotatable bonds is 8. The van der Waals surface area contributed by atoms with Crippen LogP contribution in [0.4, 0.5) is 5.69 Å². The van der Waals surface area contributed by atoms with Gasteiger partial charge in [0.05, 0.1) is 23.4 Å². The van der Waals surface area contributed by atoms with Crippen LogP contribution >= 0.6 is 11.6 Å². The fraction of sp³-hybridized carbons (Fsp3) is 0.471. The van der Waals surface area contributed by atoms with E-state index in [1.54, 1.807) is 0 Å². The second-order valence-electron chi connectivity index (χ2n) is 5.77. The van der Waals surface area contributed by atoms with Crippen molar-refractivity contribution in [3.8, 4) is 0 Å². The summed E-state index contributed by atoms with van der Waals surface area (Å²) in [5.41, 5.74) is 0.542. The Labute approximate surface area is 152 Å². The Hall–Kier alpha value is -2.12. The quantitative estimate of drug-likeness (QED) is 0.555. The number of carbonyl (C=O) groups is 3. The Morgan fingerprint density at radius 1 is 1.24 bits per heavy atom. The summed E-state index contributed by atoms with van der Waals surface area (Å²) in [5, 5.41) is 3.03. The molecule has 0 spiro atoms. The maximum Gasteiger partial charge on any atom is 0.337 e. The van der Waals surface area contributed by atoms with Crippen molar-refractivity contribution in [2.24, 2.45) is 0 Å². The molecule has 1 N–H and O–H groups in total. The first kappa shape index (κ1) is 20.9. The molecule has 0 aliphatic rings. The summed E-state index contributed by atoms with van der Waals surface area (Å²) in [6.07, 6.45) is 0.803. The summed E-state index contributed by atoms with van der Waals surface area (Å²) in [7, 11) is 5.17. The summed E-state index contributed by atoms with van der Waals surface area (Å²) < 4.78 is 4.67. The van der Waals surface area contributed by atoms with Crippen molar-refractivity contribution in [2.75, 3.05) is 45.7 Å². The van der Waals surface area contributed by atoms with Crippen LogP contribution in [0.2, 0.25) is 5.02 Å². The van der Waals surface area contributed by atoms with Crippen molar-refractivity contribution >= 4 is 35.1 Å². The molecule has 8 heteroatoms. The molecule has 25 heavy (non-hydrogen) atoms. The van der Waals surface area contributed by atoms with Crippen molar-refractivity contribution in [1.82, 2.24) is 10.2 Å². The van der Waals surface area contributed by atoms with Crippen molar-refractivity contribution in [2.45, 2.75) is 13.3 Å². The lowest BCUT2D eigenvalue weighted by atomic mass is 10.2. The highest BCUT2D eigenvalue weighted by molar-refractivity contribution is 6.34. The van der Waals surface area contributed by atoms with Gasteiger partial charge in [-0.25, -0.2) is 4.79 Å². The third kappa shape index (κ3) is 6.72. The number of benzene rings is 1. The number of hydrogen-bond donors (Lipinski definition) is 1. The summed E-state index contributed by atoms with van der Waals surface area (Å²) in [6.45, 7) is 2.52. The Kier molecular flexibility index (Phi) is 8.37. The predicted octanol–water partition coefficient (Wildman–Crippen LogP) is 1.55. The molecule has 0 aromatic heterocycles. The zero-order chi connectivity index (χ0) is 19.0. The standard InChI is InChI=1S/C17H24ClN3O4/c1-12(22)21(11-16(23)19-8-5-9-20(2)3)15-10-13(17(24)25-4)6-7-14(15)18/h6-7,10H,5,8-9,11H2,1-4H3,(H,19,23). The van der Waals surface area contributed by atoms with Gasteiger partial charge in [-0.3, -0.25) is 9.59 Å². The first-order chi connectivity index (χ1) is 11.8. The second-order valence-corrected chi connectivity index (χ2v) is 6.18. The van der Waals surface area contributed by atoms with E-state index in [1.807, 2.05) is 19.0 Å². The van der Waals surface area contributed by atoms with Gasteiger partial charge in [0.1, 0.15) is 6.54 Å². The van der Waals surface area contributed by atoms with E-state index in [4.69, 9.17) is 11.6 Å². The van der Waals surface area contributed by atoms with Crippen LogP contribution in [-0.4, -0.2) is 63.5 Å². The number of halogens is 1. The average Bonchev–Trinajstić information content (AvgIpc) is 2.56. The van der Waals surface area contributed by atoms with E-state index in [0.717, 1.165) is 13.0 Å². The Morgan fingerprint density at radius 3 is 2.48 bits per heavy atom. The smallest absolute Gasteiger partial charge is 0.337 e. The van der Waals surface area contributed by atoms with Crippen LogP contribution < -0.4 is 10.2 Å². The van der Waals surface area contributed by atoms with Crippen LogP contribution in [0, 0.1) is 0 Å². The van der Waals surface area contributed by atoms with Crippen LogP contribution in [0.1, 0.15) is 23.7 Å². The van der Waals surface area contributed by atoms with Crippen molar-refractivity contribution in [3.05, 3.63) is 28.8 Å². The van der Waals surface area contributed by atoms with Crippen LogP contribution in [0.25, 0.3) is 0 Å². The third-order valence-corrected chi connectivity index (χ3v) is 3.76. The maximum atomic E-state index is 12.1. The molecule has 0 bridgehead atoms. The number of nitrogens with zero attached hydrogens (tertiary/aromatic N) is 2. The minimum Gasteiger partial charge on any atom is -0.465 e. The van der Waals surface area contributed by atoms with Crippen LogP contribution in [0.15, 0.2) is 18.2 Å². The van der Waals surface area contributed by atoms with Gasteiger partial charge in [0.15, 0.2) is 0 Å².